The van der Waals surface area contributed by atoms with Gasteiger partial charge in [0.25, 0.3) is 0 Å². The topological polar surface area (TPSA) is 38.8 Å². The summed E-state index contributed by atoms with van der Waals surface area (Å²) in [6.07, 6.45) is 0.743. The van der Waals surface area contributed by atoms with Crippen molar-refractivity contribution in [1.82, 2.24) is 0 Å². The highest BCUT2D eigenvalue weighted by Crippen LogP contribution is 2.31. The summed E-state index contributed by atoms with van der Waals surface area (Å²) >= 11 is 0. The quantitative estimate of drug-likeness (QED) is 0.407. The van der Waals surface area contributed by atoms with Gasteiger partial charge in [0.1, 0.15) is 6.61 Å². The van der Waals surface area contributed by atoms with E-state index in [1.165, 1.54) is 6.92 Å². The molecule has 3 heteroatoms. The lowest BCUT2D eigenvalue weighted by Crippen LogP contribution is -2.17. The fourth-order valence-electron chi connectivity index (χ4n) is 0.678. The molecule has 0 aromatic rings. The second-order valence-electron chi connectivity index (χ2n) is 2.15. The van der Waals surface area contributed by atoms with E-state index in [-0.39, 0.29) is 5.97 Å². The van der Waals surface area contributed by atoms with Crippen LogP contribution in [0.4, 0.5) is 0 Å². The van der Waals surface area contributed by atoms with Crippen LogP contribution < -0.4 is 0 Å². The van der Waals surface area contributed by atoms with Gasteiger partial charge in [0.05, 0.1) is 0 Å². The summed E-state index contributed by atoms with van der Waals surface area (Å²) < 4.78 is 9.75. The van der Waals surface area contributed by atoms with Gasteiger partial charge in [0, 0.05) is 13.3 Å². The molecule has 0 bridgehead atoms. The predicted octanol–water partition coefficient (Wildman–Crippen LogP) is 0.686. The zero-order valence-electron chi connectivity index (χ0n) is 5.64. The Morgan fingerprint density at radius 2 is 2.44 bits per heavy atom. The Balaban J connectivity index is 2.33. The molecule has 1 heterocycles. The normalized spacial score (nSPS) is 31.8. The van der Waals surface area contributed by atoms with E-state index in [1.807, 2.05) is 6.92 Å². The summed E-state index contributed by atoms with van der Waals surface area (Å²) in [6.45, 7) is 3.87. The van der Waals surface area contributed by atoms with E-state index < -0.39 is 5.79 Å². The van der Waals surface area contributed by atoms with Crippen LogP contribution in [0, 0.1) is 0 Å². The molecule has 0 spiro atoms. The molecule has 0 unspecified atom stereocenters. The van der Waals surface area contributed by atoms with Gasteiger partial charge < -0.3 is 9.47 Å². The zero-order valence-corrected chi connectivity index (χ0v) is 5.64. The number of hydrogen-bond donors (Lipinski definition) is 0. The molecule has 9 heavy (non-hydrogen) atoms. The highest BCUT2D eigenvalue weighted by Gasteiger charge is 2.46. The third kappa shape index (κ3) is 1.42. The Labute approximate surface area is 53.9 Å². The number of esters is 1. The van der Waals surface area contributed by atoms with E-state index in [4.69, 9.17) is 9.47 Å². The van der Waals surface area contributed by atoms with Crippen molar-refractivity contribution >= 4 is 5.97 Å². The van der Waals surface area contributed by atoms with Crippen molar-refractivity contribution in [1.29, 1.82) is 0 Å². The van der Waals surface area contributed by atoms with Crippen molar-refractivity contribution in [3.8, 4) is 0 Å². The van der Waals surface area contributed by atoms with Crippen LogP contribution in [0.5, 0.6) is 0 Å². The van der Waals surface area contributed by atoms with Gasteiger partial charge in [-0.3, -0.25) is 4.79 Å². The van der Waals surface area contributed by atoms with Crippen LogP contribution in [0.3, 0.4) is 0 Å². The third-order valence-corrected chi connectivity index (χ3v) is 1.33. The maximum absolute atomic E-state index is 10.4. The number of carbonyl (C=O) groups is 1. The van der Waals surface area contributed by atoms with E-state index in [2.05, 4.69) is 0 Å². The fraction of sp³-hybridized carbons (Fsp3) is 0.833. The number of epoxide rings is 1. The van der Waals surface area contributed by atoms with Crippen LogP contribution in [-0.2, 0) is 14.3 Å². The van der Waals surface area contributed by atoms with Crippen molar-refractivity contribution in [3.05, 3.63) is 0 Å². The standard InChI is InChI=1S/C6H10O3/c1-3-6(4-8-6)9-5(2)7/h3-4H2,1-2H3/t6-/m1/s1. The Hall–Kier alpha value is -0.570. The highest BCUT2D eigenvalue weighted by molar-refractivity contribution is 5.66. The lowest BCUT2D eigenvalue weighted by atomic mass is 10.3. The van der Waals surface area contributed by atoms with Crippen molar-refractivity contribution in [2.75, 3.05) is 6.61 Å². The summed E-state index contributed by atoms with van der Waals surface area (Å²) in [5.74, 6) is -0.805. The molecular formula is C6H10O3. The van der Waals surface area contributed by atoms with Crippen LogP contribution in [0.25, 0.3) is 0 Å². The Morgan fingerprint density at radius 3 is 2.56 bits per heavy atom. The van der Waals surface area contributed by atoms with Gasteiger partial charge in [-0.25, -0.2) is 0 Å². The van der Waals surface area contributed by atoms with E-state index >= 15 is 0 Å². The average molecular weight is 130 g/mol. The molecule has 0 amide bonds. The van der Waals surface area contributed by atoms with Gasteiger partial charge in [0.15, 0.2) is 0 Å². The first-order valence-electron chi connectivity index (χ1n) is 3.02. The van der Waals surface area contributed by atoms with Crippen molar-refractivity contribution in [2.24, 2.45) is 0 Å². The first-order valence-corrected chi connectivity index (χ1v) is 3.02. The van der Waals surface area contributed by atoms with Gasteiger partial charge in [-0.05, 0) is 0 Å². The molecule has 52 valence electrons. The molecule has 0 aromatic heterocycles. The van der Waals surface area contributed by atoms with E-state index in [1.54, 1.807) is 0 Å². The van der Waals surface area contributed by atoms with E-state index in [9.17, 15) is 4.79 Å². The minimum absolute atomic E-state index is 0.269. The summed E-state index contributed by atoms with van der Waals surface area (Å²) in [5.41, 5.74) is 0. The van der Waals surface area contributed by atoms with Gasteiger partial charge in [-0.1, -0.05) is 6.92 Å². The van der Waals surface area contributed by atoms with Crippen LogP contribution in [-0.4, -0.2) is 18.4 Å². The summed E-state index contributed by atoms with van der Waals surface area (Å²) in [4.78, 5) is 10.4. The second-order valence-corrected chi connectivity index (χ2v) is 2.15. The lowest BCUT2D eigenvalue weighted by molar-refractivity contribution is -0.156. The smallest absolute Gasteiger partial charge is 0.305 e. The highest BCUT2D eigenvalue weighted by atomic mass is 16.8. The van der Waals surface area contributed by atoms with E-state index in [0.717, 1.165) is 6.42 Å². The molecule has 1 rings (SSSR count). The average Bonchev–Trinajstić information content (AvgIpc) is 2.48. The van der Waals surface area contributed by atoms with Gasteiger partial charge in [-0.2, -0.15) is 0 Å². The zero-order chi connectivity index (χ0) is 6.91. The lowest BCUT2D eigenvalue weighted by Gasteiger charge is -2.06. The fourth-order valence-corrected chi connectivity index (χ4v) is 0.678. The van der Waals surface area contributed by atoms with E-state index in [0.29, 0.717) is 6.61 Å². The molecule has 1 aliphatic heterocycles. The number of rotatable bonds is 2. The van der Waals surface area contributed by atoms with Crippen LogP contribution in [0.15, 0.2) is 0 Å². The molecule has 0 aliphatic carbocycles. The minimum atomic E-state index is -0.536. The van der Waals surface area contributed by atoms with Crippen LogP contribution >= 0.6 is 0 Å². The number of ether oxygens (including phenoxy) is 2. The number of carbonyl (C=O) groups excluding carboxylic acids is 1. The van der Waals surface area contributed by atoms with Crippen LogP contribution in [0.1, 0.15) is 20.3 Å². The molecule has 0 N–H and O–H groups in total. The SMILES string of the molecule is CC[C@@]1(OC(C)=O)CO1. The largest absolute Gasteiger partial charge is 0.431 e. The third-order valence-electron chi connectivity index (χ3n) is 1.33. The molecule has 3 nitrogen and oxygen atoms in total. The predicted molar refractivity (Wildman–Crippen MR) is 30.7 cm³/mol. The molecule has 0 radical (unpaired) electrons. The maximum atomic E-state index is 10.4. The summed E-state index contributed by atoms with van der Waals surface area (Å²) in [5, 5.41) is 0. The second kappa shape index (κ2) is 1.99. The molecular weight excluding hydrogens is 120 g/mol. The molecule has 0 aromatic carbocycles. The molecule has 1 fully saturated rings. The Kier molecular flexibility index (Phi) is 1.45. The van der Waals surface area contributed by atoms with Crippen molar-refractivity contribution in [2.45, 2.75) is 26.1 Å². The minimum Gasteiger partial charge on any atom is -0.431 e. The van der Waals surface area contributed by atoms with Gasteiger partial charge >= 0.3 is 5.97 Å². The first kappa shape index (κ1) is 6.55. The monoisotopic (exact) mass is 130 g/mol. The summed E-state index contributed by atoms with van der Waals surface area (Å²) in [6, 6.07) is 0. The summed E-state index contributed by atoms with van der Waals surface area (Å²) in [7, 11) is 0. The number of hydrogen-bond acceptors (Lipinski definition) is 3. The Morgan fingerprint density at radius 1 is 1.89 bits per heavy atom. The van der Waals surface area contributed by atoms with Crippen molar-refractivity contribution < 1.29 is 14.3 Å². The molecule has 1 atom stereocenters. The molecule has 0 saturated carbocycles. The van der Waals surface area contributed by atoms with Gasteiger partial charge in [0.2, 0.25) is 5.79 Å². The van der Waals surface area contributed by atoms with Crippen molar-refractivity contribution in [3.63, 3.8) is 0 Å². The maximum Gasteiger partial charge on any atom is 0.305 e. The Bertz CT molecular complexity index is 126. The first-order chi connectivity index (χ1) is 4.18. The van der Waals surface area contributed by atoms with Crippen LogP contribution in [0.2, 0.25) is 0 Å². The van der Waals surface area contributed by atoms with Gasteiger partial charge in [-0.15, -0.1) is 0 Å². The molecule has 1 saturated heterocycles. The molecule has 1 aliphatic rings.